The molecule has 1 saturated heterocycles. The van der Waals surface area contributed by atoms with Gasteiger partial charge in [-0.3, -0.25) is 9.59 Å². The highest BCUT2D eigenvalue weighted by atomic mass is 16.6. The van der Waals surface area contributed by atoms with Crippen molar-refractivity contribution in [3.05, 3.63) is 23.8 Å². The standard InChI is InChI=1S/C15H16O5/c1-8-6-12(18)19-14(8)15(2)7-10(17)13-9(16)4-3-5-11(13)20-15/h3-5,8,14,16H,6-7H2,1-2H3/t8-,14+,15+/m1/s1. The maximum atomic E-state index is 12.3. The van der Waals surface area contributed by atoms with Gasteiger partial charge in [0.05, 0.1) is 12.8 Å². The van der Waals surface area contributed by atoms with Crippen molar-refractivity contribution in [1.82, 2.24) is 0 Å². The van der Waals surface area contributed by atoms with Crippen LogP contribution in [0.1, 0.15) is 37.0 Å². The third kappa shape index (κ3) is 1.85. The van der Waals surface area contributed by atoms with Crippen LogP contribution < -0.4 is 4.74 Å². The van der Waals surface area contributed by atoms with Gasteiger partial charge in [0.2, 0.25) is 0 Å². The van der Waals surface area contributed by atoms with Gasteiger partial charge < -0.3 is 14.6 Å². The van der Waals surface area contributed by atoms with Gasteiger partial charge in [-0.05, 0) is 19.1 Å². The van der Waals surface area contributed by atoms with Crippen LogP contribution in [0, 0.1) is 5.92 Å². The van der Waals surface area contributed by atoms with Crippen molar-refractivity contribution in [3.63, 3.8) is 0 Å². The molecule has 0 unspecified atom stereocenters. The summed E-state index contributed by atoms with van der Waals surface area (Å²) in [5.74, 6) is -0.187. The van der Waals surface area contributed by atoms with Crippen LogP contribution in [0.3, 0.4) is 0 Å². The zero-order valence-electron chi connectivity index (χ0n) is 11.4. The molecule has 1 fully saturated rings. The van der Waals surface area contributed by atoms with E-state index in [1.807, 2.05) is 6.92 Å². The molecular formula is C15H16O5. The average Bonchev–Trinajstić information content (AvgIpc) is 2.68. The van der Waals surface area contributed by atoms with Crippen LogP contribution in [0.15, 0.2) is 18.2 Å². The van der Waals surface area contributed by atoms with Crippen molar-refractivity contribution in [2.75, 3.05) is 0 Å². The van der Waals surface area contributed by atoms with E-state index in [1.54, 1.807) is 19.1 Å². The Labute approximate surface area is 116 Å². The lowest BCUT2D eigenvalue weighted by Gasteiger charge is -2.39. The van der Waals surface area contributed by atoms with Crippen molar-refractivity contribution in [2.45, 2.75) is 38.4 Å². The lowest BCUT2D eigenvalue weighted by atomic mass is 9.82. The number of phenolic OH excluding ortho intramolecular Hbond substituents is 1. The molecule has 20 heavy (non-hydrogen) atoms. The Kier molecular flexibility index (Phi) is 2.74. The summed E-state index contributed by atoms with van der Waals surface area (Å²) < 4.78 is 11.2. The van der Waals surface area contributed by atoms with Gasteiger partial charge in [-0.25, -0.2) is 0 Å². The number of hydrogen-bond acceptors (Lipinski definition) is 5. The highest BCUT2D eigenvalue weighted by Gasteiger charge is 2.51. The maximum Gasteiger partial charge on any atom is 0.306 e. The van der Waals surface area contributed by atoms with Gasteiger partial charge in [-0.15, -0.1) is 0 Å². The number of benzene rings is 1. The van der Waals surface area contributed by atoms with Crippen LogP contribution in [0.4, 0.5) is 0 Å². The normalized spacial score (nSPS) is 32.5. The minimum atomic E-state index is -0.885. The summed E-state index contributed by atoms with van der Waals surface area (Å²) in [6.07, 6.45) is -0.0284. The lowest BCUT2D eigenvalue weighted by molar-refractivity contribution is -0.150. The number of hydrogen-bond donors (Lipinski definition) is 1. The first-order valence-electron chi connectivity index (χ1n) is 6.64. The number of carbonyl (C=O) groups is 2. The highest BCUT2D eigenvalue weighted by Crippen LogP contribution is 2.43. The van der Waals surface area contributed by atoms with Gasteiger partial charge in [0.15, 0.2) is 11.4 Å². The molecule has 1 N–H and O–H groups in total. The van der Waals surface area contributed by atoms with Crippen molar-refractivity contribution in [2.24, 2.45) is 5.92 Å². The molecule has 3 atom stereocenters. The van der Waals surface area contributed by atoms with Crippen LogP contribution in [0.2, 0.25) is 0 Å². The molecule has 1 aromatic carbocycles. The lowest BCUT2D eigenvalue weighted by Crippen LogP contribution is -2.51. The summed E-state index contributed by atoms with van der Waals surface area (Å²) in [6.45, 7) is 3.68. The second-order valence-electron chi connectivity index (χ2n) is 5.76. The number of phenols is 1. The topological polar surface area (TPSA) is 72.8 Å². The number of ether oxygens (including phenoxy) is 2. The summed E-state index contributed by atoms with van der Waals surface area (Å²) in [4.78, 5) is 23.7. The van der Waals surface area contributed by atoms with Crippen molar-refractivity contribution in [3.8, 4) is 11.5 Å². The number of aromatic hydroxyl groups is 1. The summed E-state index contributed by atoms with van der Waals surface area (Å²) in [5.41, 5.74) is -0.675. The third-order valence-corrected chi connectivity index (χ3v) is 4.00. The van der Waals surface area contributed by atoms with Gasteiger partial charge in [0.25, 0.3) is 0 Å². The van der Waals surface area contributed by atoms with E-state index in [-0.39, 0.29) is 35.4 Å². The van der Waals surface area contributed by atoms with Gasteiger partial charge in [0, 0.05) is 5.92 Å². The molecule has 2 aliphatic heterocycles. The van der Waals surface area contributed by atoms with Crippen LogP contribution >= 0.6 is 0 Å². The van der Waals surface area contributed by atoms with Gasteiger partial charge in [0.1, 0.15) is 23.2 Å². The molecule has 0 aliphatic carbocycles. The first kappa shape index (κ1) is 13.0. The zero-order valence-corrected chi connectivity index (χ0v) is 11.4. The minimum Gasteiger partial charge on any atom is -0.507 e. The van der Waals surface area contributed by atoms with Crippen molar-refractivity contribution >= 4 is 11.8 Å². The maximum absolute atomic E-state index is 12.3. The average molecular weight is 276 g/mol. The Balaban J connectivity index is 1.98. The van der Waals surface area contributed by atoms with E-state index < -0.39 is 11.7 Å². The fourth-order valence-corrected chi connectivity index (χ4v) is 3.14. The fraction of sp³-hybridized carbons (Fsp3) is 0.467. The second-order valence-corrected chi connectivity index (χ2v) is 5.76. The Hall–Kier alpha value is -2.04. The van der Waals surface area contributed by atoms with Crippen molar-refractivity contribution < 1.29 is 24.2 Å². The van der Waals surface area contributed by atoms with E-state index in [4.69, 9.17) is 9.47 Å². The van der Waals surface area contributed by atoms with E-state index in [1.165, 1.54) is 6.07 Å². The molecule has 0 saturated carbocycles. The minimum absolute atomic E-state index is 0.000779. The predicted octanol–water partition coefficient (Wildman–Crippen LogP) is 2.07. The van der Waals surface area contributed by atoms with Gasteiger partial charge in [-0.1, -0.05) is 13.0 Å². The molecule has 0 spiro atoms. The summed E-state index contributed by atoms with van der Waals surface area (Å²) in [5, 5.41) is 9.77. The molecule has 5 nitrogen and oxygen atoms in total. The van der Waals surface area contributed by atoms with E-state index in [2.05, 4.69) is 0 Å². The smallest absolute Gasteiger partial charge is 0.306 e. The predicted molar refractivity (Wildman–Crippen MR) is 69.7 cm³/mol. The van der Waals surface area contributed by atoms with Gasteiger partial charge in [-0.2, -0.15) is 0 Å². The molecule has 5 heteroatoms. The Bertz CT molecular complexity index is 594. The first-order valence-corrected chi connectivity index (χ1v) is 6.64. The van der Waals surface area contributed by atoms with E-state index in [0.717, 1.165) is 0 Å². The number of Topliss-reactive ketones (excluding diaryl/α,β-unsaturated/α-hetero) is 1. The summed E-state index contributed by atoms with van der Waals surface area (Å²) in [7, 11) is 0. The zero-order chi connectivity index (χ0) is 14.5. The van der Waals surface area contributed by atoms with Crippen LogP contribution in [0.25, 0.3) is 0 Å². The molecule has 0 aromatic heterocycles. The molecule has 0 bridgehead atoms. The Morgan fingerprint density at radius 2 is 2.10 bits per heavy atom. The number of fused-ring (bicyclic) bond motifs is 1. The largest absolute Gasteiger partial charge is 0.507 e. The van der Waals surface area contributed by atoms with Crippen LogP contribution in [0.5, 0.6) is 11.5 Å². The Morgan fingerprint density at radius 1 is 1.35 bits per heavy atom. The monoisotopic (exact) mass is 276 g/mol. The third-order valence-electron chi connectivity index (χ3n) is 4.00. The SMILES string of the molecule is C[C@@H]1CC(=O)O[C@@H]1[C@]1(C)CC(=O)c2c(O)cccc2O1. The molecule has 106 valence electrons. The Morgan fingerprint density at radius 3 is 2.75 bits per heavy atom. The van der Waals surface area contributed by atoms with E-state index in [9.17, 15) is 14.7 Å². The van der Waals surface area contributed by atoms with E-state index >= 15 is 0 Å². The number of ketones is 1. The molecule has 2 heterocycles. The molecule has 0 amide bonds. The summed E-state index contributed by atoms with van der Waals surface area (Å²) in [6, 6.07) is 4.73. The van der Waals surface area contributed by atoms with Gasteiger partial charge >= 0.3 is 5.97 Å². The number of esters is 1. The second kappa shape index (κ2) is 4.23. The van der Waals surface area contributed by atoms with Crippen LogP contribution in [-0.4, -0.2) is 28.6 Å². The molecule has 0 radical (unpaired) electrons. The molecule has 1 aromatic rings. The molecule has 2 aliphatic rings. The number of cyclic esters (lactones) is 1. The van der Waals surface area contributed by atoms with Crippen molar-refractivity contribution in [1.29, 1.82) is 0 Å². The first-order chi connectivity index (χ1) is 9.40. The van der Waals surface area contributed by atoms with E-state index in [0.29, 0.717) is 12.2 Å². The highest BCUT2D eigenvalue weighted by molar-refractivity contribution is 6.02. The molecule has 3 rings (SSSR count). The van der Waals surface area contributed by atoms with Crippen LogP contribution in [-0.2, 0) is 9.53 Å². The molecular weight excluding hydrogens is 260 g/mol. The fourth-order valence-electron chi connectivity index (χ4n) is 3.14. The number of carbonyl (C=O) groups excluding carboxylic acids is 2. The number of rotatable bonds is 1. The summed E-state index contributed by atoms with van der Waals surface area (Å²) >= 11 is 0. The quantitative estimate of drug-likeness (QED) is 0.795.